The van der Waals surface area contributed by atoms with Gasteiger partial charge in [-0.05, 0) is 64.7 Å². The molecule has 0 aliphatic rings. The monoisotopic (exact) mass is 717 g/mol. The van der Waals surface area contributed by atoms with Crippen LogP contribution in [-0.2, 0) is 0 Å². The van der Waals surface area contributed by atoms with Crippen molar-refractivity contribution >= 4 is 43.9 Å². The van der Waals surface area contributed by atoms with Crippen molar-refractivity contribution in [2.45, 2.75) is 0 Å². The second kappa shape index (κ2) is 13.0. The van der Waals surface area contributed by atoms with Gasteiger partial charge in [-0.15, -0.1) is 0 Å². The minimum absolute atomic E-state index is 0.657. The van der Waals surface area contributed by atoms with E-state index in [1.165, 1.54) is 0 Å². The van der Waals surface area contributed by atoms with Crippen LogP contribution in [0.3, 0.4) is 0 Å². The van der Waals surface area contributed by atoms with E-state index in [2.05, 4.69) is 126 Å². The molecule has 4 heterocycles. The summed E-state index contributed by atoms with van der Waals surface area (Å²) < 4.78 is 13.0. The maximum absolute atomic E-state index is 6.72. The van der Waals surface area contributed by atoms with Crippen LogP contribution in [0.15, 0.2) is 197 Å². The Labute approximate surface area is 322 Å². The first kappa shape index (κ1) is 31.9. The van der Waals surface area contributed by atoms with Crippen LogP contribution < -0.4 is 0 Å². The minimum atomic E-state index is 0.657. The summed E-state index contributed by atoms with van der Waals surface area (Å²) in [5, 5.41) is 4.36. The summed E-state index contributed by atoms with van der Waals surface area (Å²) in [6.07, 6.45) is 3.68. The smallest absolute Gasteiger partial charge is 0.160 e. The molecule has 4 aromatic heterocycles. The predicted molar refractivity (Wildman–Crippen MR) is 227 cm³/mol. The molecule has 5 nitrogen and oxygen atoms in total. The third-order valence-electron chi connectivity index (χ3n) is 10.6. The fraction of sp³-hybridized carbons (Fsp3) is 0. The Morgan fingerprint density at radius 2 is 0.964 bits per heavy atom. The molecule has 0 amide bonds. The van der Waals surface area contributed by atoms with Crippen LogP contribution in [0, 0.1) is 0 Å². The summed E-state index contributed by atoms with van der Waals surface area (Å²) in [4.78, 5) is 14.6. The lowest BCUT2D eigenvalue weighted by Gasteiger charge is -2.12. The molecule has 0 bridgehead atoms. The molecule has 11 rings (SSSR count). The van der Waals surface area contributed by atoms with Crippen LogP contribution in [0.4, 0.5) is 0 Å². The number of nitrogens with zero attached hydrogens (tertiary/aromatic N) is 3. The maximum Gasteiger partial charge on any atom is 0.160 e. The molecule has 0 radical (unpaired) electrons. The fourth-order valence-electron chi connectivity index (χ4n) is 7.95. The molecule has 11 aromatic rings. The Balaban J connectivity index is 1.04. The summed E-state index contributed by atoms with van der Waals surface area (Å²) in [7, 11) is 0. The number of para-hydroxylation sites is 2. The number of benzene rings is 7. The Kier molecular flexibility index (Phi) is 7.42. The summed E-state index contributed by atoms with van der Waals surface area (Å²) in [5.41, 5.74) is 14.5. The molecular formula is C51H31N3O2. The highest BCUT2D eigenvalue weighted by Gasteiger charge is 2.21. The minimum Gasteiger partial charge on any atom is -0.456 e. The van der Waals surface area contributed by atoms with E-state index in [0.717, 1.165) is 105 Å². The van der Waals surface area contributed by atoms with E-state index in [9.17, 15) is 0 Å². The number of hydrogen-bond acceptors (Lipinski definition) is 5. The Hall–Kier alpha value is -7.63. The lowest BCUT2D eigenvalue weighted by molar-refractivity contribution is 0.668. The molecule has 262 valence electrons. The maximum atomic E-state index is 6.72. The zero-order valence-corrected chi connectivity index (χ0v) is 30.1. The van der Waals surface area contributed by atoms with Gasteiger partial charge in [-0.25, -0.2) is 9.97 Å². The molecular weight excluding hydrogens is 687 g/mol. The third-order valence-corrected chi connectivity index (χ3v) is 10.6. The van der Waals surface area contributed by atoms with E-state index in [0.29, 0.717) is 5.82 Å². The van der Waals surface area contributed by atoms with Gasteiger partial charge in [0.15, 0.2) is 5.82 Å². The highest BCUT2D eigenvalue weighted by atomic mass is 16.3. The van der Waals surface area contributed by atoms with Gasteiger partial charge in [-0.1, -0.05) is 133 Å². The zero-order valence-electron chi connectivity index (χ0n) is 30.1. The molecule has 0 spiro atoms. The first-order valence-electron chi connectivity index (χ1n) is 18.7. The molecule has 0 N–H and O–H groups in total. The largest absolute Gasteiger partial charge is 0.456 e. The molecule has 0 atom stereocenters. The zero-order chi connectivity index (χ0) is 37.0. The van der Waals surface area contributed by atoms with Gasteiger partial charge >= 0.3 is 0 Å². The van der Waals surface area contributed by atoms with Crippen LogP contribution in [0.25, 0.3) is 111 Å². The van der Waals surface area contributed by atoms with Gasteiger partial charge in [0.1, 0.15) is 22.3 Å². The quantitative estimate of drug-likeness (QED) is 0.171. The standard InChI is InChI=1S/C51H31N3O2/c1-2-11-33(12-3-1)43-30-44(36-14-8-13-35(29-36)37-15-10-28-52-31-37)54-51(53-43)34-24-22-32(23-25-34)38-26-27-40(49-42-17-5-7-20-46(42)56-50(38)49)39-18-9-21-47-48(39)41-16-4-6-19-45(41)55-47/h1-31H. The number of rotatable bonds is 6. The summed E-state index contributed by atoms with van der Waals surface area (Å²) in [6, 6.07) is 60.5. The van der Waals surface area contributed by atoms with Gasteiger partial charge in [0.25, 0.3) is 0 Å². The third kappa shape index (κ3) is 5.37. The van der Waals surface area contributed by atoms with Crippen molar-refractivity contribution in [2.24, 2.45) is 0 Å². The molecule has 0 saturated carbocycles. The van der Waals surface area contributed by atoms with Crippen molar-refractivity contribution in [3.05, 3.63) is 188 Å². The lowest BCUT2D eigenvalue weighted by Crippen LogP contribution is -1.96. The average molecular weight is 718 g/mol. The van der Waals surface area contributed by atoms with Gasteiger partial charge in [0, 0.05) is 61.8 Å². The number of hydrogen-bond donors (Lipinski definition) is 0. The van der Waals surface area contributed by atoms with E-state index in [1.54, 1.807) is 6.20 Å². The fourth-order valence-corrected chi connectivity index (χ4v) is 7.95. The van der Waals surface area contributed by atoms with E-state index in [-0.39, 0.29) is 0 Å². The summed E-state index contributed by atoms with van der Waals surface area (Å²) in [5.74, 6) is 0.657. The molecule has 0 aliphatic carbocycles. The van der Waals surface area contributed by atoms with Gasteiger partial charge < -0.3 is 8.83 Å². The summed E-state index contributed by atoms with van der Waals surface area (Å²) in [6.45, 7) is 0. The van der Waals surface area contributed by atoms with Gasteiger partial charge in [-0.2, -0.15) is 0 Å². The van der Waals surface area contributed by atoms with Crippen LogP contribution >= 0.6 is 0 Å². The van der Waals surface area contributed by atoms with Gasteiger partial charge in [0.2, 0.25) is 0 Å². The van der Waals surface area contributed by atoms with Crippen molar-refractivity contribution in [3.8, 4) is 67.3 Å². The second-order valence-corrected chi connectivity index (χ2v) is 14.0. The van der Waals surface area contributed by atoms with Crippen LogP contribution in [0.5, 0.6) is 0 Å². The highest BCUT2D eigenvalue weighted by Crippen LogP contribution is 2.45. The molecule has 56 heavy (non-hydrogen) atoms. The average Bonchev–Trinajstić information content (AvgIpc) is 3.86. The Morgan fingerprint density at radius 1 is 0.357 bits per heavy atom. The van der Waals surface area contributed by atoms with Crippen LogP contribution in [0.2, 0.25) is 0 Å². The molecule has 0 fully saturated rings. The second-order valence-electron chi connectivity index (χ2n) is 14.0. The topological polar surface area (TPSA) is 65.0 Å². The first-order valence-corrected chi connectivity index (χ1v) is 18.7. The molecule has 0 saturated heterocycles. The van der Waals surface area contributed by atoms with Crippen molar-refractivity contribution in [2.75, 3.05) is 0 Å². The van der Waals surface area contributed by atoms with Gasteiger partial charge in [0.05, 0.1) is 11.4 Å². The molecule has 0 aliphatic heterocycles. The molecule has 7 aromatic carbocycles. The van der Waals surface area contributed by atoms with E-state index < -0.39 is 0 Å². The first-order chi connectivity index (χ1) is 27.7. The number of fused-ring (bicyclic) bond motifs is 6. The highest BCUT2D eigenvalue weighted by molar-refractivity contribution is 6.21. The Morgan fingerprint density at radius 3 is 1.77 bits per heavy atom. The predicted octanol–water partition coefficient (Wildman–Crippen LogP) is 13.7. The lowest BCUT2D eigenvalue weighted by atomic mass is 9.92. The molecule has 0 unspecified atom stereocenters. The van der Waals surface area contributed by atoms with Crippen molar-refractivity contribution < 1.29 is 8.83 Å². The van der Waals surface area contributed by atoms with Crippen molar-refractivity contribution in [1.82, 2.24) is 15.0 Å². The number of pyridine rings is 1. The number of aromatic nitrogens is 3. The van der Waals surface area contributed by atoms with Crippen LogP contribution in [-0.4, -0.2) is 15.0 Å². The molecule has 5 heteroatoms. The van der Waals surface area contributed by atoms with Crippen molar-refractivity contribution in [1.29, 1.82) is 0 Å². The number of furan rings is 2. The SMILES string of the molecule is c1ccc(-c2cc(-c3cccc(-c4cccnc4)c3)nc(-c3ccc(-c4ccc(-c5cccc6oc7ccccc7c56)c5c4oc4ccccc45)cc3)n2)cc1. The summed E-state index contributed by atoms with van der Waals surface area (Å²) >= 11 is 0. The van der Waals surface area contributed by atoms with Crippen molar-refractivity contribution in [3.63, 3.8) is 0 Å². The van der Waals surface area contributed by atoms with Gasteiger partial charge in [-0.3, -0.25) is 4.98 Å². The van der Waals surface area contributed by atoms with E-state index >= 15 is 0 Å². The van der Waals surface area contributed by atoms with Crippen LogP contribution in [0.1, 0.15) is 0 Å². The normalized spacial score (nSPS) is 11.6. The van der Waals surface area contributed by atoms with E-state index in [1.807, 2.05) is 60.8 Å². The Bertz CT molecular complexity index is 3240. The van der Waals surface area contributed by atoms with E-state index in [4.69, 9.17) is 18.8 Å².